The molecular weight excluding hydrogens is 238 g/mol. The Kier molecular flexibility index (Phi) is 9.17. The Morgan fingerprint density at radius 2 is 2.00 bits per heavy atom. The molecule has 1 fully saturated rings. The van der Waals surface area contributed by atoms with E-state index in [4.69, 9.17) is 21.7 Å². The Balaban J connectivity index is 0.000000327. The minimum atomic E-state index is -0.933. The number of carboxylic acids is 2. The number of rotatable bonds is 6. The molecule has 0 aliphatic carbocycles. The van der Waals surface area contributed by atoms with Gasteiger partial charge in [-0.3, -0.25) is 9.59 Å². The van der Waals surface area contributed by atoms with Crippen LogP contribution in [-0.4, -0.2) is 47.3 Å². The number of nitrogens with one attached hydrogen (secondary N) is 1. The molecule has 0 aromatic heterocycles. The standard InChI is InChI=1S/C6H14N2O2.C5H9NO2/c7-4-2-1-3-5(8)6(9)10;7-5(8)4-2-1-3-6-4/h5H,1-4,7-8H2,(H,9,10);4,6H,1-3H2,(H,7,8)/t5-;4-/m10/s1. The highest BCUT2D eigenvalue weighted by Crippen LogP contribution is 2.03. The van der Waals surface area contributed by atoms with Crippen molar-refractivity contribution in [2.75, 3.05) is 13.1 Å². The molecule has 0 aromatic carbocycles. The maximum atomic E-state index is 10.1. The maximum Gasteiger partial charge on any atom is 0.320 e. The van der Waals surface area contributed by atoms with Gasteiger partial charge in [-0.25, -0.2) is 0 Å². The summed E-state index contributed by atoms with van der Waals surface area (Å²) >= 11 is 0. The molecule has 7 heteroatoms. The van der Waals surface area contributed by atoms with E-state index in [2.05, 4.69) is 5.32 Å². The number of unbranched alkanes of at least 4 members (excludes halogenated alkanes) is 1. The van der Waals surface area contributed by atoms with Crippen molar-refractivity contribution < 1.29 is 19.8 Å². The fourth-order valence-corrected chi connectivity index (χ4v) is 1.53. The SMILES string of the molecule is NCCCC[C@@H](N)C(=O)O.O=C(O)[C@@H]1CCCN1. The lowest BCUT2D eigenvalue weighted by atomic mass is 10.1. The summed E-state index contributed by atoms with van der Waals surface area (Å²) in [5.74, 6) is -1.65. The summed E-state index contributed by atoms with van der Waals surface area (Å²) in [6.07, 6.45) is 3.95. The molecule has 7 nitrogen and oxygen atoms in total. The lowest BCUT2D eigenvalue weighted by Gasteiger charge is -2.03. The Labute approximate surface area is 107 Å². The van der Waals surface area contributed by atoms with Gasteiger partial charge in [0.15, 0.2) is 0 Å². The van der Waals surface area contributed by atoms with Crippen LogP contribution < -0.4 is 16.8 Å². The van der Waals surface area contributed by atoms with Crippen LogP contribution in [0.2, 0.25) is 0 Å². The van der Waals surface area contributed by atoms with Crippen LogP contribution in [0.5, 0.6) is 0 Å². The van der Waals surface area contributed by atoms with E-state index in [9.17, 15) is 9.59 Å². The normalized spacial score (nSPS) is 19.8. The fraction of sp³-hybridized carbons (Fsp3) is 0.818. The molecule has 0 spiro atoms. The van der Waals surface area contributed by atoms with Crippen molar-refractivity contribution in [3.8, 4) is 0 Å². The number of hydrogen-bond donors (Lipinski definition) is 5. The van der Waals surface area contributed by atoms with Gasteiger partial charge < -0.3 is 27.0 Å². The molecule has 1 saturated heterocycles. The van der Waals surface area contributed by atoms with E-state index in [0.717, 1.165) is 32.2 Å². The summed E-state index contributed by atoms with van der Waals surface area (Å²) in [6.45, 7) is 1.46. The molecule has 1 aliphatic rings. The third-order valence-electron chi connectivity index (χ3n) is 2.64. The van der Waals surface area contributed by atoms with E-state index in [1.54, 1.807) is 0 Å². The number of nitrogens with two attached hydrogens (primary N) is 2. The first kappa shape index (κ1) is 16.8. The molecule has 18 heavy (non-hydrogen) atoms. The summed E-state index contributed by atoms with van der Waals surface area (Å²) in [6, 6.07) is -0.985. The van der Waals surface area contributed by atoms with Crippen molar-refractivity contribution in [3.63, 3.8) is 0 Å². The van der Waals surface area contributed by atoms with E-state index in [1.807, 2.05) is 0 Å². The van der Waals surface area contributed by atoms with Gasteiger partial charge in [0, 0.05) is 0 Å². The third-order valence-corrected chi connectivity index (χ3v) is 2.64. The average Bonchev–Trinajstić information content (AvgIpc) is 2.83. The van der Waals surface area contributed by atoms with Crippen LogP contribution in [0.25, 0.3) is 0 Å². The summed E-state index contributed by atoms with van der Waals surface area (Å²) in [7, 11) is 0. The highest BCUT2D eigenvalue weighted by Gasteiger charge is 2.20. The Hall–Kier alpha value is -1.18. The first-order chi connectivity index (χ1) is 8.49. The van der Waals surface area contributed by atoms with E-state index in [0.29, 0.717) is 13.0 Å². The Bertz CT molecular complexity index is 255. The molecule has 0 radical (unpaired) electrons. The number of carbonyl (C=O) groups is 2. The molecule has 0 bridgehead atoms. The zero-order valence-corrected chi connectivity index (χ0v) is 10.5. The molecule has 7 N–H and O–H groups in total. The quantitative estimate of drug-likeness (QED) is 0.400. The predicted octanol–water partition coefficient (Wildman–Crippen LogP) is -0.650. The molecule has 2 atom stereocenters. The van der Waals surface area contributed by atoms with Gasteiger partial charge in [0.25, 0.3) is 0 Å². The Morgan fingerprint density at radius 1 is 1.33 bits per heavy atom. The fourth-order valence-electron chi connectivity index (χ4n) is 1.53. The molecule has 106 valence electrons. The van der Waals surface area contributed by atoms with Gasteiger partial charge in [-0.1, -0.05) is 6.42 Å². The Morgan fingerprint density at radius 3 is 2.33 bits per heavy atom. The molecule has 0 unspecified atom stereocenters. The molecule has 0 saturated carbocycles. The molecule has 0 aromatic rings. The first-order valence-electron chi connectivity index (χ1n) is 6.13. The average molecular weight is 261 g/mol. The molecule has 1 rings (SSSR count). The molecule has 1 heterocycles. The molecular formula is C11H23N3O4. The number of carboxylic acid groups (broad SMARTS) is 2. The van der Waals surface area contributed by atoms with Crippen LogP contribution in [0.3, 0.4) is 0 Å². The third kappa shape index (κ3) is 7.99. The minimum Gasteiger partial charge on any atom is -0.480 e. The monoisotopic (exact) mass is 261 g/mol. The van der Waals surface area contributed by atoms with E-state index in [-0.39, 0.29) is 6.04 Å². The second kappa shape index (κ2) is 9.81. The second-order valence-electron chi connectivity index (χ2n) is 4.22. The number of aliphatic carboxylic acids is 2. The van der Waals surface area contributed by atoms with E-state index < -0.39 is 18.0 Å². The van der Waals surface area contributed by atoms with Crippen molar-refractivity contribution >= 4 is 11.9 Å². The lowest BCUT2D eigenvalue weighted by molar-refractivity contribution is -0.139. The largest absolute Gasteiger partial charge is 0.480 e. The van der Waals surface area contributed by atoms with Crippen molar-refractivity contribution in [3.05, 3.63) is 0 Å². The van der Waals surface area contributed by atoms with Gasteiger partial charge >= 0.3 is 11.9 Å². The minimum absolute atomic E-state index is 0.269. The van der Waals surface area contributed by atoms with Crippen molar-refractivity contribution in [2.45, 2.75) is 44.2 Å². The smallest absolute Gasteiger partial charge is 0.320 e. The highest BCUT2D eigenvalue weighted by atomic mass is 16.4. The van der Waals surface area contributed by atoms with Crippen LogP contribution >= 0.6 is 0 Å². The van der Waals surface area contributed by atoms with Crippen LogP contribution in [-0.2, 0) is 9.59 Å². The van der Waals surface area contributed by atoms with Gasteiger partial charge in [-0.15, -0.1) is 0 Å². The predicted molar refractivity (Wildman–Crippen MR) is 67.2 cm³/mol. The molecule has 1 aliphatic heterocycles. The first-order valence-corrected chi connectivity index (χ1v) is 6.13. The van der Waals surface area contributed by atoms with Crippen molar-refractivity contribution in [1.82, 2.24) is 5.32 Å². The van der Waals surface area contributed by atoms with E-state index in [1.165, 1.54) is 0 Å². The second-order valence-corrected chi connectivity index (χ2v) is 4.22. The van der Waals surface area contributed by atoms with Crippen LogP contribution in [0, 0.1) is 0 Å². The summed E-state index contributed by atoms with van der Waals surface area (Å²) in [5, 5.41) is 19.5. The van der Waals surface area contributed by atoms with Gasteiger partial charge in [0.05, 0.1) is 0 Å². The van der Waals surface area contributed by atoms with E-state index >= 15 is 0 Å². The van der Waals surface area contributed by atoms with Crippen molar-refractivity contribution in [1.29, 1.82) is 0 Å². The summed E-state index contributed by atoms with van der Waals surface area (Å²) < 4.78 is 0. The molecule has 0 amide bonds. The highest BCUT2D eigenvalue weighted by molar-refractivity contribution is 5.73. The van der Waals surface area contributed by atoms with Crippen LogP contribution in [0.15, 0.2) is 0 Å². The lowest BCUT2D eigenvalue weighted by Crippen LogP contribution is -2.29. The zero-order chi connectivity index (χ0) is 14.0. The number of hydrogen-bond acceptors (Lipinski definition) is 5. The zero-order valence-electron chi connectivity index (χ0n) is 10.5. The van der Waals surface area contributed by atoms with Gasteiger partial charge in [-0.05, 0) is 38.8 Å². The topological polar surface area (TPSA) is 139 Å². The van der Waals surface area contributed by atoms with Crippen molar-refractivity contribution in [2.24, 2.45) is 11.5 Å². The summed E-state index contributed by atoms with van der Waals surface area (Å²) in [4.78, 5) is 20.3. The van der Waals surface area contributed by atoms with Gasteiger partial charge in [0.2, 0.25) is 0 Å². The maximum absolute atomic E-state index is 10.1. The van der Waals surface area contributed by atoms with Crippen LogP contribution in [0.1, 0.15) is 32.1 Å². The van der Waals surface area contributed by atoms with Crippen LogP contribution in [0.4, 0.5) is 0 Å². The summed E-state index contributed by atoms with van der Waals surface area (Å²) in [5.41, 5.74) is 10.4. The van der Waals surface area contributed by atoms with Gasteiger partial charge in [0.1, 0.15) is 12.1 Å². The van der Waals surface area contributed by atoms with Gasteiger partial charge in [-0.2, -0.15) is 0 Å².